The molecule has 0 aliphatic heterocycles. The molecule has 124 valence electrons. The van der Waals surface area contributed by atoms with Crippen molar-refractivity contribution in [3.05, 3.63) is 53.3 Å². The van der Waals surface area contributed by atoms with Crippen molar-refractivity contribution in [2.45, 2.75) is 24.6 Å². The van der Waals surface area contributed by atoms with E-state index in [9.17, 15) is 0 Å². The highest BCUT2D eigenvalue weighted by Gasteiger charge is 2.11. The summed E-state index contributed by atoms with van der Waals surface area (Å²) in [4.78, 5) is 9.12. The van der Waals surface area contributed by atoms with Crippen molar-refractivity contribution in [2.24, 2.45) is 0 Å². The van der Waals surface area contributed by atoms with Gasteiger partial charge in [0.15, 0.2) is 11.5 Å². The summed E-state index contributed by atoms with van der Waals surface area (Å²) < 4.78 is 10.8. The second kappa shape index (κ2) is 7.09. The molecule has 0 atom stereocenters. The average molecular weight is 340 g/mol. The molecule has 0 aliphatic rings. The smallest absolute Gasteiger partial charge is 0.161 e. The maximum atomic E-state index is 5.41. The van der Waals surface area contributed by atoms with Crippen LogP contribution in [0.25, 0.3) is 10.9 Å². The molecule has 0 spiro atoms. The molecule has 0 fully saturated rings. The Morgan fingerprint density at radius 3 is 2.42 bits per heavy atom. The van der Waals surface area contributed by atoms with Crippen molar-refractivity contribution < 1.29 is 9.47 Å². The number of ether oxygens (including phenoxy) is 2. The summed E-state index contributed by atoms with van der Waals surface area (Å²) in [5.74, 6) is 3.11. The zero-order valence-electron chi connectivity index (χ0n) is 14.3. The van der Waals surface area contributed by atoms with E-state index in [1.54, 1.807) is 26.0 Å². The van der Waals surface area contributed by atoms with Crippen molar-refractivity contribution in [1.82, 2.24) is 9.97 Å². The number of aryl methyl sites for hydroxylation is 2. The van der Waals surface area contributed by atoms with Gasteiger partial charge in [-0.3, -0.25) is 0 Å². The first-order valence-electron chi connectivity index (χ1n) is 7.70. The largest absolute Gasteiger partial charge is 0.493 e. The van der Waals surface area contributed by atoms with Crippen LogP contribution in [-0.4, -0.2) is 24.2 Å². The van der Waals surface area contributed by atoms with Gasteiger partial charge in [-0.25, -0.2) is 9.97 Å². The molecule has 5 heteroatoms. The molecule has 2 aromatic carbocycles. The summed E-state index contributed by atoms with van der Waals surface area (Å²) in [5, 5.41) is 2.10. The lowest BCUT2D eigenvalue weighted by molar-refractivity contribution is 0.354. The SMILES string of the molecule is COc1cc(C)c(CSc2nc(C)nc3ccccc23)cc1OC. The van der Waals surface area contributed by atoms with E-state index in [1.807, 2.05) is 37.3 Å². The average Bonchev–Trinajstić information content (AvgIpc) is 2.59. The molecular weight excluding hydrogens is 320 g/mol. The molecule has 1 aromatic heterocycles. The number of benzene rings is 2. The summed E-state index contributed by atoms with van der Waals surface area (Å²) in [5.41, 5.74) is 3.37. The predicted octanol–water partition coefficient (Wildman–Crippen LogP) is 4.56. The van der Waals surface area contributed by atoms with Crippen LogP contribution in [-0.2, 0) is 5.75 Å². The van der Waals surface area contributed by atoms with E-state index in [4.69, 9.17) is 9.47 Å². The molecule has 0 unspecified atom stereocenters. The predicted molar refractivity (Wildman–Crippen MR) is 98.1 cm³/mol. The molecular formula is C19H20N2O2S. The number of aromatic nitrogens is 2. The van der Waals surface area contributed by atoms with Crippen molar-refractivity contribution in [1.29, 1.82) is 0 Å². The Hall–Kier alpha value is -2.27. The second-order valence-corrected chi connectivity index (χ2v) is 6.48. The molecule has 3 rings (SSSR count). The molecule has 4 nitrogen and oxygen atoms in total. The van der Waals surface area contributed by atoms with E-state index in [-0.39, 0.29) is 0 Å². The summed E-state index contributed by atoms with van der Waals surface area (Å²) in [6.45, 7) is 4.01. The first-order chi connectivity index (χ1) is 11.6. The third-order valence-electron chi connectivity index (χ3n) is 3.89. The molecule has 1 heterocycles. The van der Waals surface area contributed by atoms with Crippen LogP contribution in [0.4, 0.5) is 0 Å². The number of fused-ring (bicyclic) bond motifs is 1. The fraction of sp³-hybridized carbons (Fsp3) is 0.263. The monoisotopic (exact) mass is 340 g/mol. The first kappa shape index (κ1) is 16.6. The topological polar surface area (TPSA) is 44.2 Å². The van der Waals surface area contributed by atoms with Gasteiger partial charge in [-0.15, -0.1) is 11.8 Å². The second-order valence-electron chi connectivity index (χ2n) is 5.52. The summed E-state index contributed by atoms with van der Waals surface area (Å²) in [6.07, 6.45) is 0. The highest BCUT2D eigenvalue weighted by Crippen LogP contribution is 2.34. The highest BCUT2D eigenvalue weighted by atomic mass is 32.2. The van der Waals surface area contributed by atoms with Gasteiger partial charge in [0, 0.05) is 11.1 Å². The van der Waals surface area contributed by atoms with Crippen LogP contribution in [0.3, 0.4) is 0 Å². The number of hydrogen-bond acceptors (Lipinski definition) is 5. The van der Waals surface area contributed by atoms with Gasteiger partial charge in [0.2, 0.25) is 0 Å². The zero-order chi connectivity index (χ0) is 17.1. The van der Waals surface area contributed by atoms with E-state index >= 15 is 0 Å². The Labute approximate surface area is 146 Å². The van der Waals surface area contributed by atoms with Gasteiger partial charge in [0.1, 0.15) is 10.9 Å². The third kappa shape index (κ3) is 3.31. The molecule has 0 amide bonds. The number of nitrogens with zero attached hydrogens (tertiary/aromatic N) is 2. The molecule has 3 aromatic rings. The standard InChI is InChI=1S/C19H20N2O2S/c1-12-9-17(22-3)18(23-4)10-14(12)11-24-19-15-7-5-6-8-16(15)20-13(2)21-19/h5-10H,11H2,1-4H3. The van der Waals surface area contributed by atoms with Crippen LogP contribution >= 0.6 is 11.8 Å². The zero-order valence-corrected chi connectivity index (χ0v) is 15.1. The minimum Gasteiger partial charge on any atom is -0.493 e. The van der Waals surface area contributed by atoms with Gasteiger partial charge >= 0.3 is 0 Å². The van der Waals surface area contributed by atoms with E-state index in [1.165, 1.54) is 11.1 Å². The molecule has 0 radical (unpaired) electrons. The van der Waals surface area contributed by atoms with Gasteiger partial charge < -0.3 is 9.47 Å². The third-order valence-corrected chi connectivity index (χ3v) is 4.93. The van der Waals surface area contributed by atoms with E-state index in [0.29, 0.717) is 0 Å². The normalized spacial score (nSPS) is 10.8. The molecule has 0 saturated heterocycles. The molecule has 0 N–H and O–H groups in total. The Kier molecular flexibility index (Phi) is 4.90. The fourth-order valence-corrected chi connectivity index (χ4v) is 3.72. The first-order valence-corrected chi connectivity index (χ1v) is 8.68. The van der Waals surface area contributed by atoms with E-state index in [2.05, 4.69) is 23.0 Å². The number of rotatable bonds is 5. The van der Waals surface area contributed by atoms with Crippen LogP contribution in [0, 0.1) is 13.8 Å². The van der Waals surface area contributed by atoms with Gasteiger partial charge in [-0.2, -0.15) is 0 Å². The van der Waals surface area contributed by atoms with Gasteiger partial charge in [0.05, 0.1) is 19.7 Å². The van der Waals surface area contributed by atoms with E-state index in [0.717, 1.165) is 39.0 Å². The Morgan fingerprint density at radius 1 is 0.958 bits per heavy atom. The van der Waals surface area contributed by atoms with Crippen LogP contribution < -0.4 is 9.47 Å². The minimum atomic E-state index is 0.752. The van der Waals surface area contributed by atoms with Crippen LogP contribution in [0.1, 0.15) is 17.0 Å². The molecule has 0 aliphatic carbocycles. The number of thioether (sulfide) groups is 1. The quantitative estimate of drug-likeness (QED) is 0.503. The van der Waals surface area contributed by atoms with E-state index < -0.39 is 0 Å². The maximum absolute atomic E-state index is 5.41. The molecule has 0 saturated carbocycles. The minimum absolute atomic E-state index is 0.752. The molecule has 24 heavy (non-hydrogen) atoms. The van der Waals surface area contributed by atoms with Crippen LogP contribution in [0.15, 0.2) is 41.4 Å². The Morgan fingerprint density at radius 2 is 1.67 bits per heavy atom. The van der Waals surface area contributed by atoms with Gasteiger partial charge in [-0.05, 0) is 43.2 Å². The summed E-state index contributed by atoms with van der Waals surface area (Å²) >= 11 is 1.72. The van der Waals surface area contributed by atoms with Crippen molar-refractivity contribution >= 4 is 22.7 Å². The van der Waals surface area contributed by atoms with Crippen molar-refractivity contribution in [2.75, 3.05) is 14.2 Å². The fourth-order valence-electron chi connectivity index (χ4n) is 2.59. The van der Waals surface area contributed by atoms with Crippen LogP contribution in [0.2, 0.25) is 0 Å². The van der Waals surface area contributed by atoms with Gasteiger partial charge in [0.25, 0.3) is 0 Å². The Bertz CT molecular complexity index is 881. The summed E-state index contributed by atoms with van der Waals surface area (Å²) in [6, 6.07) is 12.2. The lowest BCUT2D eigenvalue weighted by Gasteiger charge is -2.13. The number of hydrogen-bond donors (Lipinski definition) is 0. The maximum Gasteiger partial charge on any atom is 0.161 e. The summed E-state index contributed by atoms with van der Waals surface area (Å²) in [7, 11) is 3.31. The number of methoxy groups -OCH3 is 2. The van der Waals surface area contributed by atoms with Crippen molar-refractivity contribution in [3.8, 4) is 11.5 Å². The van der Waals surface area contributed by atoms with Crippen LogP contribution in [0.5, 0.6) is 11.5 Å². The Balaban J connectivity index is 1.91. The lowest BCUT2D eigenvalue weighted by Crippen LogP contribution is -1.96. The highest BCUT2D eigenvalue weighted by molar-refractivity contribution is 7.98. The molecule has 0 bridgehead atoms. The lowest BCUT2D eigenvalue weighted by atomic mass is 10.1. The van der Waals surface area contributed by atoms with Crippen molar-refractivity contribution in [3.63, 3.8) is 0 Å². The van der Waals surface area contributed by atoms with Gasteiger partial charge in [-0.1, -0.05) is 18.2 Å². The number of para-hydroxylation sites is 1.